The van der Waals surface area contributed by atoms with Gasteiger partial charge < -0.3 is 10.1 Å². The Balaban J connectivity index is 1.51. The second-order valence-corrected chi connectivity index (χ2v) is 6.63. The van der Waals surface area contributed by atoms with E-state index in [-0.39, 0.29) is 17.0 Å². The van der Waals surface area contributed by atoms with E-state index in [1.54, 1.807) is 16.9 Å². The number of nitro groups is 1. The van der Waals surface area contributed by atoms with Gasteiger partial charge in [0.05, 0.1) is 18.6 Å². The van der Waals surface area contributed by atoms with Crippen molar-refractivity contribution >= 4 is 28.2 Å². The molecule has 8 nitrogen and oxygen atoms in total. The van der Waals surface area contributed by atoms with Crippen LogP contribution in [-0.4, -0.2) is 27.7 Å². The fourth-order valence-corrected chi connectivity index (χ4v) is 3.28. The number of fused-ring (bicyclic) bond motifs is 1. The summed E-state index contributed by atoms with van der Waals surface area (Å²) >= 11 is 0. The van der Waals surface area contributed by atoms with E-state index in [4.69, 9.17) is 4.74 Å². The summed E-state index contributed by atoms with van der Waals surface area (Å²) in [5, 5.41) is 20.5. The van der Waals surface area contributed by atoms with Gasteiger partial charge in [0.25, 0.3) is 5.91 Å². The first-order valence-electron chi connectivity index (χ1n) is 9.19. The van der Waals surface area contributed by atoms with E-state index < -0.39 is 10.8 Å². The zero-order chi connectivity index (χ0) is 21.1. The van der Waals surface area contributed by atoms with Crippen LogP contribution in [0.4, 0.5) is 11.5 Å². The molecule has 0 radical (unpaired) electrons. The smallest absolute Gasteiger partial charge is 0.311 e. The molecular formula is C22H18N4O4. The van der Waals surface area contributed by atoms with Crippen LogP contribution in [0.2, 0.25) is 0 Å². The number of ether oxygens (including phenoxy) is 1. The Bertz CT molecular complexity index is 1240. The van der Waals surface area contributed by atoms with Gasteiger partial charge in [0.1, 0.15) is 0 Å². The van der Waals surface area contributed by atoms with Crippen LogP contribution in [0.5, 0.6) is 5.75 Å². The van der Waals surface area contributed by atoms with Crippen molar-refractivity contribution in [1.29, 1.82) is 0 Å². The summed E-state index contributed by atoms with van der Waals surface area (Å²) < 4.78 is 6.69. The van der Waals surface area contributed by atoms with Crippen molar-refractivity contribution in [1.82, 2.24) is 9.78 Å². The van der Waals surface area contributed by atoms with Gasteiger partial charge in [-0.2, -0.15) is 5.10 Å². The van der Waals surface area contributed by atoms with E-state index in [1.165, 1.54) is 25.3 Å². The SMILES string of the molecule is COc1ccc(C(=O)Nc2ccn(Cc3cccc4ccccc34)n2)cc1[N+](=O)[O-]. The Morgan fingerprint density at radius 3 is 2.73 bits per heavy atom. The van der Waals surface area contributed by atoms with Crippen molar-refractivity contribution in [2.45, 2.75) is 6.54 Å². The van der Waals surface area contributed by atoms with Crippen molar-refractivity contribution in [3.63, 3.8) is 0 Å². The molecule has 1 N–H and O–H groups in total. The maximum atomic E-state index is 12.5. The quantitative estimate of drug-likeness (QED) is 0.384. The maximum Gasteiger partial charge on any atom is 0.311 e. The zero-order valence-corrected chi connectivity index (χ0v) is 16.1. The zero-order valence-electron chi connectivity index (χ0n) is 16.1. The van der Waals surface area contributed by atoms with Crippen LogP contribution >= 0.6 is 0 Å². The number of nitrogens with one attached hydrogen (secondary N) is 1. The molecule has 0 bridgehead atoms. The minimum Gasteiger partial charge on any atom is -0.490 e. The van der Waals surface area contributed by atoms with Crippen LogP contribution < -0.4 is 10.1 Å². The van der Waals surface area contributed by atoms with Crippen molar-refractivity contribution in [3.05, 3.63) is 94.2 Å². The number of nitro benzene ring substituents is 1. The van der Waals surface area contributed by atoms with E-state index in [2.05, 4.69) is 28.6 Å². The highest BCUT2D eigenvalue weighted by atomic mass is 16.6. The first-order chi connectivity index (χ1) is 14.5. The van der Waals surface area contributed by atoms with Gasteiger partial charge in [-0.15, -0.1) is 0 Å². The number of amides is 1. The lowest BCUT2D eigenvalue weighted by Gasteiger charge is -2.07. The molecule has 0 aliphatic rings. The molecule has 4 aromatic rings. The molecule has 4 rings (SSSR count). The van der Waals surface area contributed by atoms with Gasteiger partial charge in [-0.25, -0.2) is 0 Å². The van der Waals surface area contributed by atoms with E-state index in [0.717, 1.165) is 16.3 Å². The van der Waals surface area contributed by atoms with Gasteiger partial charge in [0, 0.05) is 23.9 Å². The molecule has 0 fully saturated rings. The van der Waals surface area contributed by atoms with Crippen LogP contribution in [0.3, 0.4) is 0 Å². The summed E-state index contributed by atoms with van der Waals surface area (Å²) in [7, 11) is 1.34. The molecule has 8 heteroatoms. The number of carbonyl (C=O) groups is 1. The average Bonchev–Trinajstić information content (AvgIpc) is 3.20. The first-order valence-corrected chi connectivity index (χ1v) is 9.19. The van der Waals surface area contributed by atoms with Crippen LogP contribution in [-0.2, 0) is 6.54 Å². The fourth-order valence-electron chi connectivity index (χ4n) is 3.28. The van der Waals surface area contributed by atoms with E-state index in [0.29, 0.717) is 12.4 Å². The number of anilines is 1. The molecule has 0 atom stereocenters. The lowest BCUT2D eigenvalue weighted by atomic mass is 10.0. The highest BCUT2D eigenvalue weighted by molar-refractivity contribution is 6.04. The number of carbonyl (C=O) groups excluding carboxylic acids is 1. The van der Waals surface area contributed by atoms with Crippen LogP contribution in [0, 0.1) is 10.1 Å². The number of benzene rings is 3. The second-order valence-electron chi connectivity index (χ2n) is 6.63. The van der Waals surface area contributed by atoms with E-state index in [9.17, 15) is 14.9 Å². The topological polar surface area (TPSA) is 99.3 Å². The fraction of sp³-hybridized carbons (Fsp3) is 0.0909. The second kappa shape index (κ2) is 8.04. The molecule has 0 aliphatic heterocycles. The van der Waals surface area contributed by atoms with Crippen LogP contribution in [0.25, 0.3) is 10.8 Å². The molecule has 3 aromatic carbocycles. The Hall–Kier alpha value is -4.20. The van der Waals surface area contributed by atoms with Crippen molar-refractivity contribution in [2.24, 2.45) is 0 Å². The third kappa shape index (κ3) is 3.83. The van der Waals surface area contributed by atoms with Crippen molar-refractivity contribution < 1.29 is 14.5 Å². The summed E-state index contributed by atoms with van der Waals surface area (Å²) in [5.41, 5.74) is 0.984. The summed E-state index contributed by atoms with van der Waals surface area (Å²) in [5.74, 6) is -0.0363. The predicted octanol–water partition coefficient (Wildman–Crippen LogP) is 4.25. The molecule has 1 heterocycles. The Kier molecular flexibility index (Phi) is 5.13. The Morgan fingerprint density at radius 1 is 1.13 bits per heavy atom. The molecular weight excluding hydrogens is 384 g/mol. The van der Waals surface area contributed by atoms with Gasteiger partial charge in [0.2, 0.25) is 0 Å². The highest BCUT2D eigenvalue weighted by Gasteiger charge is 2.18. The summed E-state index contributed by atoms with van der Waals surface area (Å²) in [6.45, 7) is 0.547. The predicted molar refractivity (Wildman–Crippen MR) is 113 cm³/mol. The third-order valence-corrected chi connectivity index (χ3v) is 4.73. The maximum absolute atomic E-state index is 12.5. The number of hydrogen-bond acceptors (Lipinski definition) is 5. The molecule has 1 aromatic heterocycles. The van der Waals surface area contributed by atoms with Gasteiger partial charge >= 0.3 is 5.69 Å². The largest absolute Gasteiger partial charge is 0.490 e. The van der Waals surface area contributed by atoms with E-state index >= 15 is 0 Å². The number of hydrogen-bond donors (Lipinski definition) is 1. The van der Waals surface area contributed by atoms with E-state index in [1.807, 2.05) is 24.3 Å². The molecule has 1 amide bonds. The normalized spacial score (nSPS) is 10.7. The lowest BCUT2D eigenvalue weighted by molar-refractivity contribution is -0.385. The Morgan fingerprint density at radius 2 is 1.93 bits per heavy atom. The summed E-state index contributed by atoms with van der Waals surface area (Å²) in [4.78, 5) is 23.1. The molecule has 30 heavy (non-hydrogen) atoms. The number of aromatic nitrogens is 2. The average molecular weight is 402 g/mol. The lowest BCUT2D eigenvalue weighted by Crippen LogP contribution is -2.13. The minimum absolute atomic E-state index is 0.0934. The number of rotatable bonds is 6. The van der Waals surface area contributed by atoms with Gasteiger partial charge in [0.15, 0.2) is 11.6 Å². The van der Waals surface area contributed by atoms with Crippen molar-refractivity contribution in [3.8, 4) is 5.75 Å². The number of nitrogens with zero attached hydrogens (tertiary/aromatic N) is 3. The third-order valence-electron chi connectivity index (χ3n) is 4.73. The summed E-state index contributed by atoms with van der Waals surface area (Å²) in [6.07, 6.45) is 1.77. The molecule has 0 saturated heterocycles. The highest BCUT2D eigenvalue weighted by Crippen LogP contribution is 2.27. The summed E-state index contributed by atoms with van der Waals surface area (Å²) in [6, 6.07) is 19.9. The van der Waals surface area contributed by atoms with Crippen LogP contribution in [0.1, 0.15) is 15.9 Å². The molecule has 0 spiro atoms. The molecule has 0 saturated carbocycles. The number of methoxy groups -OCH3 is 1. The monoisotopic (exact) mass is 402 g/mol. The van der Waals surface area contributed by atoms with Crippen LogP contribution in [0.15, 0.2) is 72.9 Å². The minimum atomic E-state index is -0.589. The van der Waals surface area contributed by atoms with Gasteiger partial charge in [-0.05, 0) is 28.5 Å². The molecule has 0 aliphatic carbocycles. The van der Waals surface area contributed by atoms with Gasteiger partial charge in [-0.1, -0.05) is 42.5 Å². The van der Waals surface area contributed by atoms with Crippen molar-refractivity contribution in [2.75, 3.05) is 12.4 Å². The molecule has 150 valence electrons. The van der Waals surface area contributed by atoms with Gasteiger partial charge in [-0.3, -0.25) is 19.6 Å². The molecule has 0 unspecified atom stereocenters. The Labute approximate surface area is 171 Å². The first kappa shape index (κ1) is 19.1. The standard InChI is InChI=1S/C22H18N4O4/c1-30-20-10-9-16(13-19(20)26(28)29)22(27)23-21-11-12-25(24-21)14-17-7-4-6-15-5-2-3-8-18(15)17/h2-13H,14H2,1H3,(H,23,24,27).